The van der Waals surface area contributed by atoms with Crippen LogP contribution in [0.2, 0.25) is 5.02 Å². The van der Waals surface area contributed by atoms with Gasteiger partial charge in [0.25, 0.3) is 0 Å². The van der Waals surface area contributed by atoms with Gasteiger partial charge in [-0.3, -0.25) is 4.68 Å². The zero-order valence-corrected chi connectivity index (χ0v) is 12.1. The summed E-state index contributed by atoms with van der Waals surface area (Å²) in [7, 11) is 1.75. The van der Waals surface area contributed by atoms with Crippen molar-refractivity contribution in [1.82, 2.24) is 9.78 Å². The first-order valence-electron chi connectivity index (χ1n) is 5.63. The van der Waals surface area contributed by atoms with E-state index in [4.69, 9.17) is 11.6 Å². The lowest BCUT2D eigenvalue weighted by Gasteiger charge is -2.04. The summed E-state index contributed by atoms with van der Waals surface area (Å²) in [4.78, 5) is 11.2. The fraction of sp³-hybridized carbons (Fsp3) is 0.231. The fourth-order valence-electron chi connectivity index (χ4n) is 1.78. The number of carboxylic acids is 1. The molecule has 0 bridgehead atoms. The zero-order chi connectivity index (χ0) is 14.0. The van der Waals surface area contributed by atoms with E-state index in [-0.39, 0.29) is 5.56 Å². The lowest BCUT2D eigenvalue weighted by molar-refractivity contribution is 0.0692. The molecule has 0 aliphatic carbocycles. The summed E-state index contributed by atoms with van der Waals surface area (Å²) >= 11 is 7.28. The van der Waals surface area contributed by atoms with Gasteiger partial charge in [-0.25, -0.2) is 4.79 Å². The molecule has 0 radical (unpaired) electrons. The zero-order valence-electron chi connectivity index (χ0n) is 10.6. The van der Waals surface area contributed by atoms with Crippen LogP contribution >= 0.6 is 23.4 Å². The van der Waals surface area contributed by atoms with Crippen LogP contribution < -0.4 is 0 Å². The van der Waals surface area contributed by atoms with E-state index in [0.717, 1.165) is 5.56 Å². The van der Waals surface area contributed by atoms with Crippen LogP contribution in [0.5, 0.6) is 0 Å². The molecule has 0 amide bonds. The van der Waals surface area contributed by atoms with Crippen LogP contribution in [0.4, 0.5) is 0 Å². The van der Waals surface area contributed by atoms with E-state index >= 15 is 0 Å². The highest BCUT2D eigenvalue weighted by atomic mass is 35.5. The number of halogens is 1. The van der Waals surface area contributed by atoms with Gasteiger partial charge >= 0.3 is 5.97 Å². The molecule has 0 aliphatic heterocycles. The van der Waals surface area contributed by atoms with Gasteiger partial charge in [-0.2, -0.15) is 5.10 Å². The Morgan fingerprint density at radius 1 is 1.42 bits per heavy atom. The molecule has 0 unspecified atom stereocenters. The largest absolute Gasteiger partial charge is 0.478 e. The van der Waals surface area contributed by atoms with Crippen LogP contribution in [0.15, 0.2) is 29.3 Å². The van der Waals surface area contributed by atoms with Gasteiger partial charge in [0, 0.05) is 17.8 Å². The number of hydrogen-bond acceptors (Lipinski definition) is 3. The maximum atomic E-state index is 11.2. The van der Waals surface area contributed by atoms with Gasteiger partial charge in [0.2, 0.25) is 0 Å². The summed E-state index contributed by atoms with van der Waals surface area (Å²) in [5, 5.41) is 14.7. The fourth-order valence-corrected chi connectivity index (χ4v) is 3.01. The number of aromatic carboxylic acids is 1. The molecular formula is C13H13ClN2O2S. The van der Waals surface area contributed by atoms with E-state index in [9.17, 15) is 9.90 Å². The van der Waals surface area contributed by atoms with E-state index in [0.29, 0.717) is 21.5 Å². The van der Waals surface area contributed by atoms with Gasteiger partial charge in [-0.05, 0) is 24.6 Å². The number of rotatable bonds is 4. The number of aromatic nitrogens is 2. The first-order chi connectivity index (χ1) is 8.99. The molecule has 1 aromatic carbocycles. The Morgan fingerprint density at radius 2 is 2.05 bits per heavy atom. The average molecular weight is 297 g/mol. The Balaban J connectivity index is 2.20. The Morgan fingerprint density at radius 3 is 2.63 bits per heavy atom. The maximum Gasteiger partial charge on any atom is 0.340 e. The SMILES string of the molecule is Cc1nn(C)c(SCc2ccc(Cl)cc2)c1C(=O)O. The number of carbonyl (C=O) groups is 1. The third-order valence-corrected chi connectivity index (χ3v) is 4.14. The number of carboxylic acid groups (broad SMARTS) is 1. The van der Waals surface area contributed by atoms with Crippen LogP contribution in [-0.2, 0) is 12.8 Å². The Hall–Kier alpha value is -1.46. The summed E-state index contributed by atoms with van der Waals surface area (Å²) in [5.74, 6) is -0.264. The lowest BCUT2D eigenvalue weighted by Crippen LogP contribution is -2.00. The van der Waals surface area contributed by atoms with Crippen molar-refractivity contribution < 1.29 is 9.90 Å². The second kappa shape index (κ2) is 5.67. The predicted octanol–water partition coefficient (Wildman–Crippen LogP) is 3.37. The summed E-state index contributed by atoms with van der Waals surface area (Å²) in [5.41, 5.74) is 1.90. The van der Waals surface area contributed by atoms with Crippen molar-refractivity contribution in [3.05, 3.63) is 46.1 Å². The highest BCUT2D eigenvalue weighted by molar-refractivity contribution is 7.98. The molecule has 0 saturated heterocycles. The van der Waals surface area contributed by atoms with Gasteiger partial charge in [-0.15, -0.1) is 11.8 Å². The number of thioether (sulfide) groups is 1. The van der Waals surface area contributed by atoms with E-state index in [2.05, 4.69) is 5.10 Å². The molecule has 19 heavy (non-hydrogen) atoms. The van der Waals surface area contributed by atoms with Crippen molar-refractivity contribution in [3.63, 3.8) is 0 Å². The molecule has 1 heterocycles. The van der Waals surface area contributed by atoms with Gasteiger partial charge < -0.3 is 5.11 Å². The quantitative estimate of drug-likeness (QED) is 0.879. The molecule has 2 aromatic rings. The maximum absolute atomic E-state index is 11.2. The van der Waals surface area contributed by atoms with Crippen LogP contribution in [0.3, 0.4) is 0 Å². The lowest BCUT2D eigenvalue weighted by atomic mass is 10.2. The molecular weight excluding hydrogens is 284 g/mol. The molecule has 0 atom stereocenters. The molecule has 1 aromatic heterocycles. The molecule has 4 nitrogen and oxygen atoms in total. The summed E-state index contributed by atoms with van der Waals surface area (Å²) < 4.78 is 1.61. The van der Waals surface area contributed by atoms with E-state index in [1.807, 2.05) is 24.3 Å². The highest BCUT2D eigenvalue weighted by Crippen LogP contribution is 2.28. The molecule has 6 heteroatoms. The van der Waals surface area contributed by atoms with E-state index in [1.54, 1.807) is 18.7 Å². The normalized spacial score (nSPS) is 10.7. The van der Waals surface area contributed by atoms with Crippen molar-refractivity contribution >= 4 is 29.3 Å². The predicted molar refractivity (Wildman–Crippen MR) is 75.9 cm³/mol. The third kappa shape index (κ3) is 3.11. The van der Waals surface area contributed by atoms with Crippen LogP contribution in [0.25, 0.3) is 0 Å². The van der Waals surface area contributed by atoms with Gasteiger partial charge in [0.1, 0.15) is 10.6 Å². The standard InChI is InChI=1S/C13H13ClN2O2S/c1-8-11(13(17)18)12(16(2)15-8)19-7-9-3-5-10(14)6-4-9/h3-6H,7H2,1-2H3,(H,17,18). The van der Waals surface area contributed by atoms with E-state index < -0.39 is 5.97 Å². The molecule has 2 rings (SSSR count). The number of aryl methyl sites for hydroxylation is 2. The van der Waals surface area contributed by atoms with E-state index in [1.165, 1.54) is 11.8 Å². The molecule has 0 fully saturated rings. The highest BCUT2D eigenvalue weighted by Gasteiger charge is 2.19. The summed E-state index contributed by atoms with van der Waals surface area (Å²) in [6.45, 7) is 1.70. The Labute approximate surface area is 120 Å². The molecule has 100 valence electrons. The number of benzene rings is 1. The minimum absolute atomic E-state index is 0.279. The van der Waals surface area contributed by atoms with Crippen LogP contribution in [0, 0.1) is 6.92 Å². The molecule has 1 N–H and O–H groups in total. The van der Waals surface area contributed by atoms with Crippen LogP contribution in [-0.4, -0.2) is 20.9 Å². The van der Waals surface area contributed by atoms with Gasteiger partial charge in [0.05, 0.1) is 5.69 Å². The average Bonchev–Trinajstić information content (AvgIpc) is 2.63. The van der Waals surface area contributed by atoms with Crippen molar-refractivity contribution in [2.75, 3.05) is 0 Å². The smallest absolute Gasteiger partial charge is 0.340 e. The van der Waals surface area contributed by atoms with Crippen molar-refractivity contribution in [2.45, 2.75) is 17.7 Å². The monoisotopic (exact) mass is 296 g/mol. The minimum atomic E-state index is -0.941. The Bertz CT molecular complexity index is 608. The number of nitrogens with zero attached hydrogens (tertiary/aromatic N) is 2. The second-order valence-corrected chi connectivity index (χ2v) is 5.51. The second-order valence-electron chi connectivity index (χ2n) is 4.11. The Kier molecular flexibility index (Phi) is 4.17. The first-order valence-corrected chi connectivity index (χ1v) is 6.99. The first kappa shape index (κ1) is 14.0. The van der Waals surface area contributed by atoms with Crippen molar-refractivity contribution in [2.24, 2.45) is 7.05 Å². The number of hydrogen-bond donors (Lipinski definition) is 1. The van der Waals surface area contributed by atoms with Crippen LogP contribution in [0.1, 0.15) is 21.6 Å². The molecule has 0 spiro atoms. The van der Waals surface area contributed by atoms with Gasteiger partial charge in [-0.1, -0.05) is 23.7 Å². The van der Waals surface area contributed by atoms with Crippen molar-refractivity contribution in [3.8, 4) is 0 Å². The third-order valence-electron chi connectivity index (χ3n) is 2.67. The minimum Gasteiger partial charge on any atom is -0.478 e. The molecule has 0 aliphatic rings. The summed E-state index contributed by atoms with van der Waals surface area (Å²) in [6, 6.07) is 7.51. The van der Waals surface area contributed by atoms with Crippen molar-refractivity contribution in [1.29, 1.82) is 0 Å². The topological polar surface area (TPSA) is 55.1 Å². The van der Waals surface area contributed by atoms with Gasteiger partial charge in [0.15, 0.2) is 0 Å². The summed E-state index contributed by atoms with van der Waals surface area (Å²) in [6.07, 6.45) is 0. The molecule has 0 saturated carbocycles.